The molecule has 2 atom stereocenters. The van der Waals surface area contributed by atoms with Crippen LogP contribution in [0, 0.1) is 20.2 Å². The van der Waals surface area contributed by atoms with Crippen molar-refractivity contribution in [3.8, 4) is 0 Å². The minimum atomic E-state index is -1.57. The van der Waals surface area contributed by atoms with E-state index < -0.39 is 28.6 Å². The SMILES string of the molecule is O=[N+]([O-])c1ccc(C(O)C(CO)[N+](=O)[O-])s1. The van der Waals surface area contributed by atoms with Crippen LogP contribution >= 0.6 is 11.3 Å². The Morgan fingerprint density at radius 2 is 2.00 bits per heavy atom. The second-order valence-corrected chi connectivity index (χ2v) is 4.01. The molecule has 0 aliphatic rings. The summed E-state index contributed by atoms with van der Waals surface area (Å²) in [6, 6.07) is 0.815. The first-order valence-electron chi connectivity index (χ1n) is 4.14. The fourth-order valence-corrected chi connectivity index (χ4v) is 1.94. The highest BCUT2D eigenvalue weighted by atomic mass is 32.1. The Balaban J connectivity index is 2.90. The van der Waals surface area contributed by atoms with Crippen molar-refractivity contribution in [3.05, 3.63) is 37.2 Å². The molecule has 0 aromatic carbocycles. The number of nitrogens with zero attached hydrogens (tertiary/aromatic N) is 2. The quantitative estimate of drug-likeness (QED) is 0.570. The zero-order valence-electron chi connectivity index (χ0n) is 7.85. The van der Waals surface area contributed by atoms with Gasteiger partial charge in [0, 0.05) is 15.9 Å². The average molecular weight is 248 g/mol. The van der Waals surface area contributed by atoms with Gasteiger partial charge >= 0.3 is 5.00 Å². The summed E-state index contributed by atoms with van der Waals surface area (Å²) in [5.74, 6) is 0. The molecule has 1 aromatic heterocycles. The van der Waals surface area contributed by atoms with Gasteiger partial charge in [-0.1, -0.05) is 11.3 Å². The maximum Gasteiger partial charge on any atom is 0.324 e. The predicted octanol–water partition coefficient (Wildman–Crippen LogP) is 0.327. The van der Waals surface area contributed by atoms with Gasteiger partial charge in [0.05, 0.1) is 4.92 Å². The summed E-state index contributed by atoms with van der Waals surface area (Å²) in [6.45, 7) is -0.833. The van der Waals surface area contributed by atoms with Crippen molar-refractivity contribution >= 4 is 16.3 Å². The third-order valence-corrected chi connectivity index (χ3v) is 3.01. The standard InChI is InChI=1S/C7H8N2O6S/c10-3-4(8(12)13)7(11)5-1-2-6(16-5)9(14)15/h1-2,4,7,10-11H,3H2. The summed E-state index contributed by atoms with van der Waals surface area (Å²) >= 11 is 0.646. The molecule has 0 saturated heterocycles. The molecule has 1 aromatic rings. The number of aliphatic hydroxyl groups excluding tert-OH is 2. The molecule has 9 heteroatoms. The summed E-state index contributed by atoms with van der Waals surface area (Å²) in [5.41, 5.74) is 0. The van der Waals surface area contributed by atoms with E-state index in [2.05, 4.69) is 0 Å². The first kappa shape index (κ1) is 12.5. The lowest BCUT2D eigenvalue weighted by molar-refractivity contribution is -0.538. The van der Waals surface area contributed by atoms with Crippen molar-refractivity contribution in [3.63, 3.8) is 0 Å². The smallest absolute Gasteiger partial charge is 0.324 e. The second-order valence-electron chi connectivity index (χ2n) is 2.91. The van der Waals surface area contributed by atoms with Gasteiger partial charge in [0.1, 0.15) is 6.61 Å². The zero-order valence-corrected chi connectivity index (χ0v) is 8.66. The van der Waals surface area contributed by atoms with Crippen molar-refractivity contribution < 1.29 is 20.1 Å². The van der Waals surface area contributed by atoms with Crippen LogP contribution in [0.4, 0.5) is 5.00 Å². The Bertz CT molecular complexity index is 405. The van der Waals surface area contributed by atoms with Gasteiger partial charge in [0.15, 0.2) is 6.10 Å². The first-order chi connectivity index (χ1) is 7.47. The van der Waals surface area contributed by atoms with Crippen LogP contribution in [0.3, 0.4) is 0 Å². The summed E-state index contributed by atoms with van der Waals surface area (Å²) in [5, 5.41) is 38.8. The van der Waals surface area contributed by atoms with E-state index >= 15 is 0 Å². The summed E-state index contributed by atoms with van der Waals surface area (Å²) in [6.07, 6.45) is -1.54. The molecule has 0 radical (unpaired) electrons. The minimum Gasteiger partial charge on any atom is -0.389 e. The lowest BCUT2D eigenvalue weighted by Crippen LogP contribution is -2.30. The van der Waals surface area contributed by atoms with E-state index in [1.807, 2.05) is 0 Å². The van der Waals surface area contributed by atoms with Gasteiger partial charge in [-0.25, -0.2) is 0 Å². The van der Waals surface area contributed by atoms with E-state index in [9.17, 15) is 25.3 Å². The van der Waals surface area contributed by atoms with Crippen molar-refractivity contribution in [2.45, 2.75) is 12.1 Å². The van der Waals surface area contributed by atoms with Gasteiger partial charge in [0.2, 0.25) is 0 Å². The van der Waals surface area contributed by atoms with Gasteiger partial charge in [-0.3, -0.25) is 20.2 Å². The third kappa shape index (κ3) is 2.51. The lowest BCUT2D eigenvalue weighted by atomic mass is 10.1. The molecule has 0 fully saturated rings. The molecule has 16 heavy (non-hydrogen) atoms. The van der Waals surface area contributed by atoms with Crippen LogP contribution in [0.2, 0.25) is 0 Å². The number of hydrogen-bond acceptors (Lipinski definition) is 7. The molecule has 2 N–H and O–H groups in total. The molecule has 2 unspecified atom stereocenters. The van der Waals surface area contributed by atoms with E-state index in [0.717, 1.165) is 6.07 Å². The summed E-state index contributed by atoms with van der Waals surface area (Å²) in [7, 11) is 0. The van der Waals surface area contributed by atoms with Crippen LogP contribution in [0.15, 0.2) is 12.1 Å². The predicted molar refractivity (Wildman–Crippen MR) is 53.8 cm³/mol. The van der Waals surface area contributed by atoms with Crippen LogP contribution in [0.5, 0.6) is 0 Å². The largest absolute Gasteiger partial charge is 0.389 e. The minimum absolute atomic E-state index is 0.0856. The maximum atomic E-state index is 10.4. The molecule has 0 aliphatic heterocycles. The number of nitro groups is 2. The first-order valence-corrected chi connectivity index (χ1v) is 4.95. The molecule has 88 valence electrons. The van der Waals surface area contributed by atoms with Gasteiger partial charge in [-0.2, -0.15) is 0 Å². The monoisotopic (exact) mass is 248 g/mol. The average Bonchev–Trinajstić information content (AvgIpc) is 2.66. The Labute approximate surface area is 93.1 Å². The highest BCUT2D eigenvalue weighted by molar-refractivity contribution is 7.15. The highest BCUT2D eigenvalue weighted by Crippen LogP contribution is 2.30. The Morgan fingerprint density at radius 1 is 1.38 bits per heavy atom. The van der Waals surface area contributed by atoms with E-state index in [1.54, 1.807) is 0 Å². The van der Waals surface area contributed by atoms with Crippen molar-refractivity contribution in [1.82, 2.24) is 0 Å². The lowest BCUT2D eigenvalue weighted by Gasteiger charge is -2.11. The van der Waals surface area contributed by atoms with Crippen LogP contribution in [-0.2, 0) is 0 Å². The molecule has 0 bridgehead atoms. The molecule has 0 amide bonds. The number of thiophene rings is 1. The normalized spacial score (nSPS) is 14.4. The summed E-state index contributed by atoms with van der Waals surface area (Å²) < 4.78 is 0. The van der Waals surface area contributed by atoms with Gasteiger partial charge in [-0.15, -0.1) is 0 Å². The van der Waals surface area contributed by atoms with Gasteiger partial charge < -0.3 is 10.2 Å². The van der Waals surface area contributed by atoms with Gasteiger partial charge in [0.25, 0.3) is 6.04 Å². The molecule has 1 rings (SSSR count). The fraction of sp³-hybridized carbons (Fsp3) is 0.429. The van der Waals surface area contributed by atoms with Crippen LogP contribution in [0.1, 0.15) is 11.0 Å². The third-order valence-electron chi connectivity index (χ3n) is 1.91. The van der Waals surface area contributed by atoms with Crippen molar-refractivity contribution in [2.24, 2.45) is 0 Å². The number of hydrogen-bond donors (Lipinski definition) is 2. The van der Waals surface area contributed by atoms with Gasteiger partial charge in [-0.05, 0) is 6.07 Å². The maximum absolute atomic E-state index is 10.4. The highest BCUT2D eigenvalue weighted by Gasteiger charge is 2.32. The summed E-state index contributed by atoms with van der Waals surface area (Å²) in [4.78, 5) is 19.4. The number of rotatable bonds is 5. The van der Waals surface area contributed by atoms with E-state index in [4.69, 9.17) is 5.11 Å². The van der Waals surface area contributed by atoms with Crippen LogP contribution in [-0.4, -0.2) is 32.7 Å². The Kier molecular flexibility index (Phi) is 3.88. The zero-order chi connectivity index (χ0) is 12.3. The molecule has 0 aliphatic carbocycles. The molecule has 1 heterocycles. The van der Waals surface area contributed by atoms with E-state index in [-0.39, 0.29) is 9.88 Å². The second kappa shape index (κ2) is 4.96. The Morgan fingerprint density at radius 3 is 2.38 bits per heavy atom. The number of aliphatic hydroxyl groups is 2. The van der Waals surface area contributed by atoms with Crippen molar-refractivity contribution in [2.75, 3.05) is 6.61 Å². The fourth-order valence-electron chi connectivity index (χ4n) is 1.07. The van der Waals surface area contributed by atoms with Crippen LogP contribution < -0.4 is 0 Å². The van der Waals surface area contributed by atoms with E-state index in [1.165, 1.54) is 6.07 Å². The topological polar surface area (TPSA) is 127 Å². The molecular formula is C7H8N2O6S. The molecule has 8 nitrogen and oxygen atoms in total. The molecule has 0 spiro atoms. The molecular weight excluding hydrogens is 240 g/mol. The van der Waals surface area contributed by atoms with Crippen molar-refractivity contribution in [1.29, 1.82) is 0 Å². The molecule has 0 saturated carbocycles. The Hall–Kier alpha value is -1.58. The van der Waals surface area contributed by atoms with E-state index in [0.29, 0.717) is 11.3 Å². The van der Waals surface area contributed by atoms with Crippen LogP contribution in [0.25, 0.3) is 0 Å².